The first kappa shape index (κ1) is 29.2. The Morgan fingerprint density at radius 3 is 0.875 bits per heavy atom. The Hall–Kier alpha value is -6.26. The van der Waals surface area contributed by atoms with Gasteiger partial charge in [-0.2, -0.15) is 0 Å². The van der Waals surface area contributed by atoms with Crippen molar-refractivity contribution in [3.63, 3.8) is 0 Å². The number of aromatic amines is 2. The Morgan fingerprint density at radius 2 is 0.562 bits per heavy atom. The summed E-state index contributed by atoms with van der Waals surface area (Å²) in [5.74, 6) is 1.77. The number of aromatic nitrogens is 4. The summed E-state index contributed by atoms with van der Waals surface area (Å²) in [6, 6.07) is 55.5. The minimum Gasteiger partial charge on any atom is -0.342 e. The second-order valence-electron chi connectivity index (χ2n) is 12.0. The molecule has 0 fully saturated rings. The Kier molecular flexibility index (Phi) is 7.60. The van der Waals surface area contributed by atoms with E-state index >= 15 is 0 Å². The van der Waals surface area contributed by atoms with Crippen molar-refractivity contribution >= 4 is 0 Å². The average Bonchev–Trinajstić information content (AvgIpc) is 3.74. The monoisotopic (exact) mass is 618 g/mol. The van der Waals surface area contributed by atoms with E-state index in [9.17, 15) is 0 Å². The molecule has 0 saturated carbocycles. The number of benzene rings is 6. The smallest absolute Gasteiger partial charge is 0.104 e. The van der Waals surface area contributed by atoms with Gasteiger partial charge in [-0.05, 0) is 47.2 Å². The van der Waals surface area contributed by atoms with Crippen molar-refractivity contribution in [2.75, 3.05) is 0 Å². The van der Waals surface area contributed by atoms with E-state index in [0.29, 0.717) is 0 Å². The summed E-state index contributed by atoms with van der Waals surface area (Å²) in [6.07, 6.45) is 0. The van der Waals surface area contributed by atoms with E-state index in [0.717, 1.165) is 90.1 Å². The van der Waals surface area contributed by atoms with Crippen LogP contribution in [0.1, 0.15) is 11.6 Å². The molecule has 2 N–H and O–H groups in total. The molecule has 0 aliphatic rings. The molecule has 0 aliphatic carbocycles. The van der Waals surface area contributed by atoms with Gasteiger partial charge in [-0.1, -0.05) is 158 Å². The Balaban J connectivity index is 1.30. The van der Waals surface area contributed by atoms with Crippen molar-refractivity contribution in [1.82, 2.24) is 19.9 Å². The van der Waals surface area contributed by atoms with Gasteiger partial charge in [0, 0.05) is 22.3 Å². The minimum absolute atomic E-state index is 0.887. The van der Waals surface area contributed by atoms with Crippen molar-refractivity contribution in [2.24, 2.45) is 0 Å². The van der Waals surface area contributed by atoms with Gasteiger partial charge in [-0.3, -0.25) is 0 Å². The number of aryl methyl sites for hydroxylation is 2. The molecule has 0 atom stereocenters. The molecule has 0 saturated heterocycles. The van der Waals surface area contributed by atoms with Crippen LogP contribution < -0.4 is 0 Å². The number of nitrogens with one attached hydrogen (secondary N) is 2. The molecule has 230 valence electrons. The van der Waals surface area contributed by atoms with Crippen LogP contribution in [0.4, 0.5) is 0 Å². The minimum atomic E-state index is 0.887. The largest absolute Gasteiger partial charge is 0.342 e. The van der Waals surface area contributed by atoms with Gasteiger partial charge in [0.25, 0.3) is 0 Å². The van der Waals surface area contributed by atoms with Crippen LogP contribution in [0.25, 0.3) is 78.4 Å². The van der Waals surface area contributed by atoms with Crippen LogP contribution >= 0.6 is 0 Å². The molecule has 4 nitrogen and oxygen atoms in total. The van der Waals surface area contributed by atoms with Crippen molar-refractivity contribution in [3.05, 3.63) is 169 Å². The fraction of sp³-hybridized carbons (Fsp3) is 0.0455. The molecule has 4 heteroatoms. The van der Waals surface area contributed by atoms with E-state index in [-0.39, 0.29) is 0 Å². The van der Waals surface area contributed by atoms with Crippen LogP contribution in [-0.4, -0.2) is 19.9 Å². The second-order valence-corrected chi connectivity index (χ2v) is 12.0. The quantitative estimate of drug-likeness (QED) is 0.187. The van der Waals surface area contributed by atoms with E-state index in [1.807, 2.05) is 26.0 Å². The molecule has 0 spiro atoms. The molecule has 0 amide bonds. The van der Waals surface area contributed by atoms with Gasteiger partial charge in [-0.25, -0.2) is 9.97 Å². The highest BCUT2D eigenvalue weighted by molar-refractivity contribution is 5.99. The van der Waals surface area contributed by atoms with E-state index in [2.05, 4.69) is 156 Å². The third-order valence-corrected chi connectivity index (χ3v) is 8.86. The normalized spacial score (nSPS) is 11.1. The van der Waals surface area contributed by atoms with Gasteiger partial charge in [-0.15, -0.1) is 0 Å². The summed E-state index contributed by atoms with van der Waals surface area (Å²) < 4.78 is 0. The van der Waals surface area contributed by atoms with Crippen LogP contribution in [0.2, 0.25) is 0 Å². The molecular formula is C44H34N4. The van der Waals surface area contributed by atoms with Crippen molar-refractivity contribution in [2.45, 2.75) is 13.8 Å². The zero-order chi connectivity index (χ0) is 32.5. The van der Waals surface area contributed by atoms with Gasteiger partial charge in [0.05, 0.1) is 22.8 Å². The highest BCUT2D eigenvalue weighted by Gasteiger charge is 2.21. The summed E-state index contributed by atoms with van der Waals surface area (Å²) in [5, 5.41) is 0. The van der Waals surface area contributed by atoms with Crippen molar-refractivity contribution in [1.29, 1.82) is 0 Å². The van der Waals surface area contributed by atoms with E-state index in [1.54, 1.807) is 0 Å². The maximum atomic E-state index is 4.93. The fourth-order valence-electron chi connectivity index (χ4n) is 6.76. The molecule has 8 aromatic rings. The van der Waals surface area contributed by atoms with Crippen molar-refractivity contribution in [3.8, 4) is 78.4 Å². The first-order chi connectivity index (χ1) is 23.7. The van der Waals surface area contributed by atoms with Gasteiger partial charge < -0.3 is 9.97 Å². The summed E-state index contributed by atoms with van der Waals surface area (Å²) in [5.41, 5.74) is 15.3. The summed E-state index contributed by atoms with van der Waals surface area (Å²) in [7, 11) is 0. The van der Waals surface area contributed by atoms with Crippen LogP contribution in [0.3, 0.4) is 0 Å². The second kappa shape index (κ2) is 12.5. The predicted molar refractivity (Wildman–Crippen MR) is 198 cm³/mol. The third kappa shape index (κ3) is 5.33. The maximum absolute atomic E-state index is 4.93. The molecule has 0 bridgehead atoms. The number of imidazole rings is 2. The third-order valence-electron chi connectivity index (χ3n) is 8.86. The van der Waals surface area contributed by atoms with Crippen molar-refractivity contribution < 1.29 is 0 Å². The zero-order valence-electron chi connectivity index (χ0n) is 26.9. The molecule has 2 heterocycles. The Morgan fingerprint density at radius 1 is 0.312 bits per heavy atom. The Labute approximate surface area is 280 Å². The first-order valence-corrected chi connectivity index (χ1v) is 16.3. The van der Waals surface area contributed by atoms with E-state index in [1.165, 1.54) is 0 Å². The molecule has 8 rings (SSSR count). The van der Waals surface area contributed by atoms with Crippen LogP contribution in [0.15, 0.2) is 158 Å². The molecule has 48 heavy (non-hydrogen) atoms. The predicted octanol–water partition coefficient (Wildman–Crippen LogP) is 11.4. The van der Waals surface area contributed by atoms with Gasteiger partial charge in [0.2, 0.25) is 0 Å². The highest BCUT2D eigenvalue weighted by Crippen LogP contribution is 2.45. The first-order valence-electron chi connectivity index (χ1n) is 16.3. The lowest BCUT2D eigenvalue weighted by Gasteiger charge is -2.18. The van der Waals surface area contributed by atoms with Crippen LogP contribution in [-0.2, 0) is 0 Å². The Bertz CT molecular complexity index is 2190. The van der Waals surface area contributed by atoms with Crippen LogP contribution in [0.5, 0.6) is 0 Å². The highest BCUT2D eigenvalue weighted by atomic mass is 14.9. The molecule has 0 unspecified atom stereocenters. The zero-order valence-corrected chi connectivity index (χ0v) is 26.9. The van der Waals surface area contributed by atoms with E-state index < -0.39 is 0 Å². The summed E-state index contributed by atoms with van der Waals surface area (Å²) in [6.45, 7) is 4.04. The molecule has 0 aliphatic heterocycles. The molecule has 0 radical (unpaired) electrons. The summed E-state index contributed by atoms with van der Waals surface area (Å²) in [4.78, 5) is 17.0. The lowest BCUT2D eigenvalue weighted by Crippen LogP contribution is -1.94. The molecule has 2 aromatic heterocycles. The van der Waals surface area contributed by atoms with Gasteiger partial charge >= 0.3 is 0 Å². The lowest BCUT2D eigenvalue weighted by atomic mass is 9.85. The van der Waals surface area contributed by atoms with E-state index in [4.69, 9.17) is 9.97 Å². The molecule has 6 aromatic carbocycles. The molecular weight excluding hydrogens is 585 g/mol. The number of hydrogen-bond acceptors (Lipinski definition) is 2. The summed E-state index contributed by atoms with van der Waals surface area (Å²) >= 11 is 0. The average molecular weight is 619 g/mol. The SMILES string of the molecule is Cc1nc(-c2ccccc2)c(-c2ccccc2-c2ccccc2-c2ccccc2-c2ccccc2-c2[nH]c(C)nc2-c2ccccc2)[nH]1. The number of H-pyrrole nitrogens is 2. The fourth-order valence-corrected chi connectivity index (χ4v) is 6.76. The number of nitrogens with zero attached hydrogens (tertiary/aromatic N) is 2. The van der Waals surface area contributed by atoms with Gasteiger partial charge in [0.1, 0.15) is 11.6 Å². The standard InChI is InChI=1S/C44H34N4/c1-29-45-41(31-17-5-3-6-18-31)43(47-29)39-27-15-13-25-37(39)35-23-11-9-21-33(35)34-22-10-12-24-36(34)38-26-14-16-28-40(38)44-42(46-30(2)48-44)32-19-7-4-8-20-32/h3-28H,1-2H3,(H,45,47)(H,46,48). The van der Waals surface area contributed by atoms with Gasteiger partial charge in [0.15, 0.2) is 0 Å². The number of hydrogen-bond donors (Lipinski definition) is 2. The lowest BCUT2D eigenvalue weighted by molar-refractivity contribution is 1.15. The maximum Gasteiger partial charge on any atom is 0.104 e. The van der Waals surface area contributed by atoms with Crippen LogP contribution in [0, 0.1) is 13.8 Å². The number of rotatable bonds is 7. The topological polar surface area (TPSA) is 57.4 Å².